The van der Waals surface area contributed by atoms with Crippen LogP contribution in [0.2, 0.25) is 0 Å². The molecule has 3 heteroatoms. The van der Waals surface area contributed by atoms with Gasteiger partial charge in [-0.3, -0.25) is 4.79 Å². The fourth-order valence-corrected chi connectivity index (χ4v) is 0.830. The van der Waals surface area contributed by atoms with E-state index >= 15 is 0 Å². The fraction of sp³-hybridized carbons (Fsp3) is 0.125. The quantitative estimate of drug-likeness (QED) is 0.483. The van der Waals surface area contributed by atoms with Crippen LogP contribution < -0.4 is 11.1 Å². The molecule has 0 fully saturated rings. The van der Waals surface area contributed by atoms with Gasteiger partial charge in [0.2, 0.25) is 6.41 Å². The maximum Gasteiger partial charge on any atom is 0.208 e. The number of nitrogens with one attached hydrogen (secondary N) is 1. The van der Waals surface area contributed by atoms with Crippen molar-refractivity contribution in [1.82, 2.24) is 5.32 Å². The Morgan fingerprint density at radius 3 is 2.55 bits per heavy atom. The molecule has 1 aromatic rings. The van der Waals surface area contributed by atoms with Crippen molar-refractivity contribution in [3.05, 3.63) is 35.9 Å². The van der Waals surface area contributed by atoms with Gasteiger partial charge < -0.3 is 11.1 Å². The maximum atomic E-state index is 10.00. The molecule has 0 aliphatic heterocycles. The zero-order valence-electron chi connectivity index (χ0n) is 6.03. The third-order valence-corrected chi connectivity index (χ3v) is 1.41. The molecule has 1 atom stereocenters. The van der Waals surface area contributed by atoms with Crippen LogP contribution in [0.5, 0.6) is 0 Å². The van der Waals surface area contributed by atoms with E-state index in [2.05, 4.69) is 5.32 Å². The van der Waals surface area contributed by atoms with E-state index in [9.17, 15) is 4.79 Å². The van der Waals surface area contributed by atoms with Gasteiger partial charge in [-0.1, -0.05) is 30.3 Å². The Bertz CT molecular complexity index is 223. The summed E-state index contributed by atoms with van der Waals surface area (Å²) in [4.78, 5) is 10.00. The zero-order chi connectivity index (χ0) is 8.10. The van der Waals surface area contributed by atoms with E-state index in [0.717, 1.165) is 5.56 Å². The van der Waals surface area contributed by atoms with Crippen molar-refractivity contribution in [3.63, 3.8) is 0 Å². The average molecular weight is 150 g/mol. The average Bonchev–Trinajstić information content (AvgIpc) is 2.07. The van der Waals surface area contributed by atoms with Gasteiger partial charge in [0.25, 0.3) is 0 Å². The minimum Gasteiger partial charge on any atom is -0.339 e. The van der Waals surface area contributed by atoms with Gasteiger partial charge in [0.05, 0.1) is 0 Å². The van der Waals surface area contributed by atoms with Crippen LogP contribution in [-0.4, -0.2) is 6.41 Å². The van der Waals surface area contributed by atoms with Crippen LogP contribution in [0.15, 0.2) is 30.3 Å². The summed E-state index contributed by atoms with van der Waals surface area (Å²) in [5.74, 6) is 0. The largest absolute Gasteiger partial charge is 0.339 e. The summed E-state index contributed by atoms with van der Waals surface area (Å²) in [5, 5.41) is 2.46. The maximum absolute atomic E-state index is 10.00. The summed E-state index contributed by atoms with van der Waals surface area (Å²) in [5.41, 5.74) is 6.47. The Labute approximate surface area is 65.2 Å². The summed E-state index contributed by atoms with van der Waals surface area (Å²) in [6, 6.07) is 9.38. The highest BCUT2D eigenvalue weighted by Gasteiger charge is 2.00. The van der Waals surface area contributed by atoms with Gasteiger partial charge in [0.1, 0.15) is 6.17 Å². The lowest BCUT2D eigenvalue weighted by molar-refractivity contribution is -0.110. The molecule has 3 nitrogen and oxygen atoms in total. The highest BCUT2D eigenvalue weighted by Crippen LogP contribution is 2.04. The second-order valence-corrected chi connectivity index (χ2v) is 2.17. The smallest absolute Gasteiger partial charge is 0.208 e. The first-order chi connectivity index (χ1) is 5.34. The molecule has 1 aromatic carbocycles. The number of benzene rings is 1. The molecule has 0 aliphatic rings. The molecule has 0 radical (unpaired) electrons. The van der Waals surface area contributed by atoms with E-state index in [4.69, 9.17) is 5.73 Å². The highest BCUT2D eigenvalue weighted by atomic mass is 16.1. The monoisotopic (exact) mass is 150 g/mol. The molecule has 1 rings (SSSR count). The molecule has 11 heavy (non-hydrogen) atoms. The van der Waals surface area contributed by atoms with Crippen LogP contribution >= 0.6 is 0 Å². The van der Waals surface area contributed by atoms with Crippen LogP contribution in [0.3, 0.4) is 0 Å². The number of amides is 1. The molecule has 0 bridgehead atoms. The summed E-state index contributed by atoms with van der Waals surface area (Å²) < 4.78 is 0. The molecule has 0 aliphatic carbocycles. The molecule has 0 heterocycles. The van der Waals surface area contributed by atoms with Crippen molar-refractivity contribution in [2.45, 2.75) is 6.17 Å². The molecule has 0 aromatic heterocycles. The van der Waals surface area contributed by atoms with Gasteiger partial charge in [-0.15, -0.1) is 0 Å². The molecule has 1 unspecified atom stereocenters. The molecular formula is C8H10N2O. The lowest BCUT2D eigenvalue weighted by atomic mass is 10.2. The van der Waals surface area contributed by atoms with E-state index in [0.29, 0.717) is 6.41 Å². The van der Waals surface area contributed by atoms with E-state index in [1.54, 1.807) is 0 Å². The minimum absolute atomic E-state index is 0.395. The molecule has 3 N–H and O–H groups in total. The first kappa shape index (κ1) is 7.75. The minimum atomic E-state index is -0.395. The number of hydrogen-bond donors (Lipinski definition) is 2. The summed E-state index contributed by atoms with van der Waals surface area (Å²) in [6.45, 7) is 0. The van der Waals surface area contributed by atoms with Crippen LogP contribution in [0.4, 0.5) is 0 Å². The van der Waals surface area contributed by atoms with Gasteiger partial charge in [0.15, 0.2) is 0 Å². The second-order valence-electron chi connectivity index (χ2n) is 2.17. The molecule has 0 saturated carbocycles. The summed E-state index contributed by atoms with van der Waals surface area (Å²) in [6.07, 6.45) is 0.200. The van der Waals surface area contributed by atoms with E-state index < -0.39 is 6.17 Å². The van der Waals surface area contributed by atoms with Gasteiger partial charge in [-0.2, -0.15) is 0 Å². The Morgan fingerprint density at radius 1 is 1.36 bits per heavy atom. The Hall–Kier alpha value is -1.35. The fourth-order valence-electron chi connectivity index (χ4n) is 0.830. The van der Waals surface area contributed by atoms with E-state index in [-0.39, 0.29) is 0 Å². The van der Waals surface area contributed by atoms with Crippen LogP contribution in [0.1, 0.15) is 11.7 Å². The predicted octanol–water partition coefficient (Wildman–Crippen LogP) is 0.390. The van der Waals surface area contributed by atoms with Crippen LogP contribution in [-0.2, 0) is 4.79 Å². The normalized spacial score (nSPS) is 12.1. The lowest BCUT2D eigenvalue weighted by Gasteiger charge is -2.08. The highest BCUT2D eigenvalue weighted by molar-refractivity contribution is 5.47. The molecule has 0 saturated heterocycles. The molecule has 0 spiro atoms. The predicted molar refractivity (Wildman–Crippen MR) is 42.6 cm³/mol. The number of rotatable bonds is 3. The van der Waals surface area contributed by atoms with Gasteiger partial charge in [-0.25, -0.2) is 0 Å². The number of nitrogens with two attached hydrogens (primary N) is 1. The summed E-state index contributed by atoms with van der Waals surface area (Å²) in [7, 11) is 0. The van der Waals surface area contributed by atoms with Gasteiger partial charge in [0, 0.05) is 0 Å². The van der Waals surface area contributed by atoms with Crippen molar-refractivity contribution >= 4 is 6.41 Å². The van der Waals surface area contributed by atoms with Crippen molar-refractivity contribution in [2.24, 2.45) is 5.73 Å². The molecule has 58 valence electrons. The molecule has 1 amide bonds. The van der Waals surface area contributed by atoms with Crippen molar-refractivity contribution in [1.29, 1.82) is 0 Å². The second kappa shape index (κ2) is 3.73. The van der Waals surface area contributed by atoms with Crippen LogP contribution in [0.25, 0.3) is 0 Å². The number of carbonyl (C=O) groups excluding carboxylic acids is 1. The van der Waals surface area contributed by atoms with Crippen molar-refractivity contribution < 1.29 is 4.79 Å². The SMILES string of the molecule is NC(NC=O)c1ccccc1. The Balaban J connectivity index is 2.68. The molecular weight excluding hydrogens is 140 g/mol. The Kier molecular flexibility index (Phi) is 2.63. The first-order valence-electron chi connectivity index (χ1n) is 3.35. The first-order valence-corrected chi connectivity index (χ1v) is 3.35. The van der Waals surface area contributed by atoms with Crippen LogP contribution in [0, 0.1) is 0 Å². The zero-order valence-corrected chi connectivity index (χ0v) is 6.03. The van der Waals surface area contributed by atoms with Crippen molar-refractivity contribution in [2.75, 3.05) is 0 Å². The standard InChI is InChI=1S/C8H10N2O/c9-8(10-6-11)7-4-2-1-3-5-7/h1-6,8H,9H2,(H,10,11). The number of hydrogen-bond acceptors (Lipinski definition) is 2. The third kappa shape index (κ3) is 2.05. The van der Waals surface area contributed by atoms with Gasteiger partial charge in [-0.05, 0) is 5.56 Å². The van der Waals surface area contributed by atoms with Crippen molar-refractivity contribution in [3.8, 4) is 0 Å². The Morgan fingerprint density at radius 2 is 2.00 bits per heavy atom. The number of carbonyl (C=O) groups is 1. The van der Waals surface area contributed by atoms with E-state index in [1.165, 1.54) is 0 Å². The van der Waals surface area contributed by atoms with E-state index in [1.807, 2.05) is 30.3 Å². The summed E-state index contributed by atoms with van der Waals surface area (Å²) >= 11 is 0. The topological polar surface area (TPSA) is 55.1 Å². The van der Waals surface area contributed by atoms with Gasteiger partial charge >= 0.3 is 0 Å². The lowest BCUT2D eigenvalue weighted by Crippen LogP contribution is -2.27. The third-order valence-electron chi connectivity index (χ3n) is 1.41.